The molecule has 0 saturated carbocycles. The van der Waals surface area contributed by atoms with Crippen molar-refractivity contribution >= 4 is 29.0 Å². The summed E-state index contributed by atoms with van der Waals surface area (Å²) in [5, 5.41) is 0.838. The lowest BCUT2D eigenvalue weighted by atomic mass is 9.63. The van der Waals surface area contributed by atoms with Crippen molar-refractivity contribution in [2.45, 2.75) is 5.41 Å². The summed E-state index contributed by atoms with van der Waals surface area (Å²) in [4.78, 5) is 13.3. The molecule has 0 fully saturated rings. The van der Waals surface area contributed by atoms with Gasteiger partial charge < -0.3 is 8.83 Å². The van der Waals surface area contributed by atoms with E-state index >= 15 is 0 Å². The monoisotopic (exact) mass is 394 g/mol. The second-order valence-corrected chi connectivity index (χ2v) is 7.17. The van der Waals surface area contributed by atoms with Crippen LogP contribution in [0.1, 0.15) is 38.6 Å². The Hall–Kier alpha value is -2.75. The molecule has 5 rings (SSSR count). The van der Waals surface area contributed by atoms with Gasteiger partial charge in [-0.05, 0) is 42.0 Å². The molecule has 0 saturated heterocycles. The number of benzene rings is 2. The van der Waals surface area contributed by atoms with Crippen molar-refractivity contribution in [3.63, 3.8) is 0 Å². The maximum Gasteiger partial charge on any atom is 0.195 e. The van der Waals surface area contributed by atoms with Crippen molar-refractivity contribution in [3.05, 3.63) is 117 Å². The van der Waals surface area contributed by atoms with Gasteiger partial charge in [0, 0.05) is 21.7 Å². The Morgan fingerprint density at radius 3 is 2.00 bits per heavy atom. The molecule has 132 valence electrons. The van der Waals surface area contributed by atoms with Gasteiger partial charge in [0.05, 0.1) is 17.5 Å². The summed E-state index contributed by atoms with van der Waals surface area (Å²) in [6, 6.07) is 18.0. The molecule has 0 aliphatic heterocycles. The van der Waals surface area contributed by atoms with Gasteiger partial charge in [-0.15, -0.1) is 0 Å². The van der Waals surface area contributed by atoms with Crippen LogP contribution < -0.4 is 0 Å². The number of furan rings is 2. The zero-order valence-electron chi connectivity index (χ0n) is 13.9. The van der Waals surface area contributed by atoms with Crippen LogP contribution in [0.25, 0.3) is 0 Å². The number of fused-ring (bicyclic) bond motifs is 2. The number of ketones is 1. The molecule has 3 nitrogen and oxygen atoms in total. The Balaban J connectivity index is 2.05. The van der Waals surface area contributed by atoms with Crippen molar-refractivity contribution in [2.24, 2.45) is 0 Å². The highest BCUT2D eigenvalue weighted by Gasteiger charge is 2.52. The predicted molar refractivity (Wildman–Crippen MR) is 103 cm³/mol. The second-order valence-electron chi connectivity index (χ2n) is 6.36. The van der Waals surface area contributed by atoms with Crippen LogP contribution in [0.15, 0.2) is 82.0 Å². The van der Waals surface area contributed by atoms with Crippen LogP contribution in [0.2, 0.25) is 10.0 Å². The first kappa shape index (κ1) is 16.4. The molecule has 0 amide bonds. The lowest BCUT2D eigenvalue weighted by Crippen LogP contribution is -2.38. The zero-order chi connectivity index (χ0) is 18.6. The highest BCUT2D eigenvalue weighted by atomic mass is 35.5. The molecular weight excluding hydrogens is 383 g/mol. The maximum absolute atomic E-state index is 13.3. The van der Waals surface area contributed by atoms with Crippen molar-refractivity contribution < 1.29 is 13.6 Å². The van der Waals surface area contributed by atoms with E-state index in [2.05, 4.69) is 0 Å². The van der Waals surface area contributed by atoms with Crippen LogP contribution >= 0.6 is 23.2 Å². The van der Waals surface area contributed by atoms with E-state index in [-0.39, 0.29) is 5.78 Å². The quantitative estimate of drug-likeness (QED) is 0.362. The normalized spacial score (nSPS) is 14.7. The minimum Gasteiger partial charge on any atom is -0.468 e. The molecule has 0 unspecified atom stereocenters. The summed E-state index contributed by atoms with van der Waals surface area (Å²) in [7, 11) is 0. The van der Waals surface area contributed by atoms with E-state index in [1.807, 2.05) is 24.3 Å². The number of halogens is 2. The van der Waals surface area contributed by atoms with E-state index in [9.17, 15) is 4.79 Å². The van der Waals surface area contributed by atoms with Gasteiger partial charge in [-0.25, -0.2) is 0 Å². The van der Waals surface area contributed by atoms with Gasteiger partial charge in [0.15, 0.2) is 5.78 Å². The smallest absolute Gasteiger partial charge is 0.195 e. The number of hydrogen-bond donors (Lipinski definition) is 0. The van der Waals surface area contributed by atoms with Crippen LogP contribution in [0, 0.1) is 0 Å². The average Bonchev–Trinajstić information content (AvgIpc) is 3.37. The first-order valence-electron chi connectivity index (χ1n) is 8.36. The number of carbonyl (C=O) groups excluding carboxylic acids is 1. The summed E-state index contributed by atoms with van der Waals surface area (Å²) in [6.07, 6.45) is 3.19. The molecule has 2 aromatic carbocycles. The Morgan fingerprint density at radius 1 is 0.741 bits per heavy atom. The third kappa shape index (κ3) is 2.07. The van der Waals surface area contributed by atoms with E-state index in [0.717, 1.165) is 0 Å². The van der Waals surface area contributed by atoms with Crippen molar-refractivity contribution in [2.75, 3.05) is 0 Å². The fraction of sp³-hybridized carbons (Fsp3) is 0.0455. The first-order chi connectivity index (χ1) is 13.2. The largest absolute Gasteiger partial charge is 0.468 e. The van der Waals surface area contributed by atoms with Crippen molar-refractivity contribution in [1.29, 1.82) is 0 Å². The van der Waals surface area contributed by atoms with Crippen molar-refractivity contribution in [3.8, 4) is 0 Å². The lowest BCUT2D eigenvalue weighted by molar-refractivity contribution is 0.103. The molecule has 0 bridgehead atoms. The van der Waals surface area contributed by atoms with Crippen molar-refractivity contribution in [1.82, 2.24) is 0 Å². The lowest BCUT2D eigenvalue weighted by Gasteiger charge is -2.38. The molecule has 1 aliphatic carbocycles. The Labute approximate surface area is 165 Å². The number of carbonyl (C=O) groups is 1. The SMILES string of the molecule is O=C1c2cccc(Cl)c2C(c2ccco2)(c2ccco2)c2cccc(Cl)c21. The third-order valence-corrected chi connectivity index (χ3v) is 5.69. The van der Waals surface area contributed by atoms with E-state index < -0.39 is 5.41 Å². The summed E-state index contributed by atoms with van der Waals surface area (Å²) >= 11 is 13.1. The van der Waals surface area contributed by atoms with Gasteiger partial charge in [-0.3, -0.25) is 4.79 Å². The Morgan fingerprint density at radius 2 is 1.37 bits per heavy atom. The van der Waals surface area contributed by atoms with E-state index in [4.69, 9.17) is 32.0 Å². The standard InChI is InChI=1S/C22H12Cl2O3/c23-15-7-2-6-14-19(15)21(25)13-5-1-8-16(24)20(13)22(14,17-9-3-11-26-17)18-10-4-12-27-18/h1-12H. The number of rotatable bonds is 2. The summed E-state index contributed by atoms with van der Waals surface area (Å²) in [5.74, 6) is 1.03. The highest BCUT2D eigenvalue weighted by Crippen LogP contribution is 2.54. The molecule has 5 heteroatoms. The van der Waals surface area contributed by atoms with Gasteiger partial charge in [0.2, 0.25) is 0 Å². The molecule has 2 heterocycles. The van der Waals surface area contributed by atoms with Crippen LogP contribution in [-0.2, 0) is 5.41 Å². The molecule has 0 atom stereocenters. The minimum absolute atomic E-state index is 0.165. The molecule has 0 spiro atoms. The fourth-order valence-corrected chi connectivity index (χ4v) is 4.63. The van der Waals surface area contributed by atoms with Crippen LogP contribution in [0.5, 0.6) is 0 Å². The van der Waals surface area contributed by atoms with Crippen LogP contribution in [0.4, 0.5) is 0 Å². The third-order valence-electron chi connectivity index (χ3n) is 5.06. The zero-order valence-corrected chi connectivity index (χ0v) is 15.4. The molecule has 2 aromatic heterocycles. The van der Waals surface area contributed by atoms with E-state index in [1.54, 1.807) is 48.9 Å². The van der Waals surface area contributed by atoms with Crippen LogP contribution in [0.3, 0.4) is 0 Å². The van der Waals surface area contributed by atoms with Gasteiger partial charge in [0.1, 0.15) is 16.9 Å². The molecule has 27 heavy (non-hydrogen) atoms. The Bertz CT molecular complexity index is 1120. The average molecular weight is 395 g/mol. The molecule has 1 aliphatic rings. The first-order valence-corrected chi connectivity index (χ1v) is 9.12. The van der Waals surface area contributed by atoms with Crippen LogP contribution in [-0.4, -0.2) is 5.78 Å². The van der Waals surface area contributed by atoms with Gasteiger partial charge in [-0.2, -0.15) is 0 Å². The molecule has 0 N–H and O–H groups in total. The summed E-state index contributed by atoms with van der Waals surface area (Å²) in [6.45, 7) is 0. The highest BCUT2D eigenvalue weighted by molar-refractivity contribution is 6.37. The maximum atomic E-state index is 13.3. The second kappa shape index (κ2) is 5.88. The summed E-state index contributed by atoms with van der Waals surface area (Å²) in [5.41, 5.74) is 1.22. The number of hydrogen-bond acceptors (Lipinski definition) is 3. The van der Waals surface area contributed by atoms with Gasteiger partial charge in [-0.1, -0.05) is 47.5 Å². The molecule has 0 radical (unpaired) electrons. The molecular formula is C22H12Cl2O3. The summed E-state index contributed by atoms with van der Waals surface area (Å²) < 4.78 is 11.7. The minimum atomic E-state index is -1.02. The topological polar surface area (TPSA) is 43.4 Å². The predicted octanol–water partition coefficient (Wildman–Crippen LogP) is 6.11. The van der Waals surface area contributed by atoms with Gasteiger partial charge >= 0.3 is 0 Å². The molecule has 4 aromatic rings. The Kier molecular flexibility index (Phi) is 3.58. The van der Waals surface area contributed by atoms with Gasteiger partial charge in [0.25, 0.3) is 0 Å². The fourth-order valence-electron chi connectivity index (χ4n) is 4.05. The van der Waals surface area contributed by atoms with E-state index in [0.29, 0.717) is 43.8 Å². The van der Waals surface area contributed by atoms with E-state index in [1.165, 1.54) is 0 Å².